The Morgan fingerprint density at radius 2 is 1.79 bits per heavy atom. The largest absolute Gasteiger partial charge is 0.507 e. The minimum atomic E-state index is -1.25. The number of Topliss-reactive ketones (excluding diaryl/α,β-unsaturated/α-hetero) is 1. The average molecular weight is 469 g/mol. The number of benzene rings is 2. The van der Waals surface area contributed by atoms with Gasteiger partial charge in [0.05, 0.1) is 33.1 Å². The zero-order chi connectivity index (χ0) is 25.0. The molecule has 34 heavy (non-hydrogen) atoms. The van der Waals surface area contributed by atoms with Gasteiger partial charge in [-0.2, -0.15) is 0 Å². The van der Waals surface area contributed by atoms with Crippen LogP contribution in [0.1, 0.15) is 37.4 Å². The van der Waals surface area contributed by atoms with Crippen molar-refractivity contribution in [1.82, 2.24) is 4.90 Å². The maximum absolute atomic E-state index is 13.0. The number of hydrogen-bond acceptors (Lipinski definition) is 8. The number of ether oxygens (including phenoxy) is 1. The number of amides is 1. The van der Waals surface area contributed by atoms with E-state index in [1.165, 1.54) is 42.5 Å². The Morgan fingerprint density at radius 3 is 2.44 bits per heavy atom. The van der Waals surface area contributed by atoms with E-state index in [0.29, 0.717) is 6.42 Å². The van der Waals surface area contributed by atoms with Gasteiger partial charge >= 0.3 is 0 Å². The molecule has 0 aliphatic carbocycles. The minimum Gasteiger partial charge on any atom is -0.507 e. The van der Waals surface area contributed by atoms with Crippen LogP contribution in [0.4, 0.5) is 11.4 Å². The number of aliphatic hydroxyl groups excluding tert-OH is 1. The number of carbonyl (C=O) groups is 2. The Balaban J connectivity index is 2.15. The summed E-state index contributed by atoms with van der Waals surface area (Å²) in [6, 6.07) is 9.33. The molecule has 0 unspecified atom stereocenters. The van der Waals surface area contributed by atoms with E-state index in [9.17, 15) is 34.9 Å². The molecule has 0 bridgehead atoms. The average Bonchev–Trinajstić information content (AvgIpc) is 3.06. The molecule has 1 aliphatic heterocycles. The molecule has 0 spiro atoms. The maximum Gasteiger partial charge on any atom is 0.295 e. The predicted octanol–water partition coefficient (Wildman–Crippen LogP) is 3.74. The third-order valence-electron chi connectivity index (χ3n) is 5.29. The molecular formula is C23H23N3O8. The number of nitrogens with zero attached hydrogens (tertiary/aromatic N) is 3. The van der Waals surface area contributed by atoms with Crippen LogP contribution in [0.5, 0.6) is 0 Å². The fourth-order valence-electron chi connectivity index (χ4n) is 3.80. The van der Waals surface area contributed by atoms with Crippen molar-refractivity contribution in [3.63, 3.8) is 0 Å². The number of ketones is 1. The van der Waals surface area contributed by atoms with Crippen molar-refractivity contribution in [2.24, 2.45) is 0 Å². The van der Waals surface area contributed by atoms with Gasteiger partial charge in [0, 0.05) is 36.9 Å². The summed E-state index contributed by atoms with van der Waals surface area (Å²) in [5.74, 6) is -2.61. The predicted molar refractivity (Wildman–Crippen MR) is 121 cm³/mol. The summed E-state index contributed by atoms with van der Waals surface area (Å²) >= 11 is 0. The van der Waals surface area contributed by atoms with Crippen molar-refractivity contribution in [3.8, 4) is 0 Å². The second-order valence-corrected chi connectivity index (χ2v) is 7.89. The monoisotopic (exact) mass is 469 g/mol. The number of hydrogen-bond donors (Lipinski definition) is 1. The van der Waals surface area contributed by atoms with E-state index in [0.717, 1.165) is 11.0 Å². The highest BCUT2D eigenvalue weighted by Gasteiger charge is 2.47. The standard InChI is InChI=1S/C23H23N3O8/c1-14(2)34-12-6-11-24-20(17-9-3-4-10-18(17)26(32)33)19(22(28)23(24)29)21(27)15-7-5-8-16(13-15)25(30)31/h3-5,7-10,13-14,20,27H,6,11-12H2,1-2H3/t20-/m0/s1. The molecule has 1 saturated heterocycles. The lowest BCUT2D eigenvalue weighted by molar-refractivity contribution is -0.385. The zero-order valence-electron chi connectivity index (χ0n) is 18.5. The molecule has 1 fully saturated rings. The van der Waals surface area contributed by atoms with Crippen molar-refractivity contribution in [2.75, 3.05) is 13.2 Å². The van der Waals surface area contributed by atoms with Crippen molar-refractivity contribution in [2.45, 2.75) is 32.4 Å². The lowest BCUT2D eigenvalue weighted by Gasteiger charge is -2.25. The highest BCUT2D eigenvalue weighted by Crippen LogP contribution is 2.42. The lowest BCUT2D eigenvalue weighted by Crippen LogP contribution is -2.31. The van der Waals surface area contributed by atoms with Crippen molar-refractivity contribution in [1.29, 1.82) is 0 Å². The molecular weight excluding hydrogens is 446 g/mol. The van der Waals surface area contributed by atoms with E-state index in [1.54, 1.807) is 0 Å². The van der Waals surface area contributed by atoms with E-state index in [1.807, 2.05) is 13.8 Å². The molecule has 1 amide bonds. The van der Waals surface area contributed by atoms with Gasteiger partial charge in [-0.3, -0.25) is 29.8 Å². The van der Waals surface area contributed by atoms with Gasteiger partial charge in [-0.05, 0) is 26.3 Å². The van der Waals surface area contributed by atoms with E-state index >= 15 is 0 Å². The summed E-state index contributed by atoms with van der Waals surface area (Å²) in [7, 11) is 0. The number of non-ortho nitro benzene ring substituents is 1. The Labute approximate surface area is 194 Å². The first-order valence-electron chi connectivity index (χ1n) is 10.5. The van der Waals surface area contributed by atoms with Gasteiger partial charge in [0.25, 0.3) is 23.1 Å². The van der Waals surface area contributed by atoms with Gasteiger partial charge in [-0.15, -0.1) is 0 Å². The molecule has 3 rings (SSSR count). The molecule has 178 valence electrons. The highest BCUT2D eigenvalue weighted by atomic mass is 16.6. The van der Waals surface area contributed by atoms with Gasteiger partial charge in [0.15, 0.2) is 0 Å². The quantitative estimate of drug-likeness (QED) is 0.145. The van der Waals surface area contributed by atoms with Crippen LogP contribution in [-0.4, -0.2) is 50.8 Å². The fraction of sp³-hybridized carbons (Fsp3) is 0.304. The highest BCUT2D eigenvalue weighted by molar-refractivity contribution is 6.46. The Morgan fingerprint density at radius 1 is 1.09 bits per heavy atom. The number of rotatable bonds is 9. The second kappa shape index (κ2) is 10.2. The first-order valence-corrected chi connectivity index (χ1v) is 10.5. The van der Waals surface area contributed by atoms with Crippen molar-refractivity contribution < 1.29 is 29.3 Å². The normalized spacial score (nSPS) is 17.4. The Bertz CT molecular complexity index is 1170. The number of para-hydroxylation sites is 1. The van der Waals surface area contributed by atoms with Crippen LogP contribution in [-0.2, 0) is 14.3 Å². The molecule has 1 heterocycles. The van der Waals surface area contributed by atoms with E-state index < -0.39 is 33.3 Å². The summed E-state index contributed by atoms with van der Waals surface area (Å²) in [6.07, 6.45) is 0.300. The smallest absolute Gasteiger partial charge is 0.295 e. The first-order chi connectivity index (χ1) is 16.1. The third-order valence-corrected chi connectivity index (χ3v) is 5.29. The summed E-state index contributed by atoms with van der Waals surface area (Å²) in [5.41, 5.74) is -1.04. The maximum atomic E-state index is 13.0. The SMILES string of the molecule is CC(C)OCCCN1C(=O)C(=O)C(=C(O)c2cccc([N+](=O)[O-])c2)[C@@H]1c1ccccc1[N+](=O)[O-]. The summed E-state index contributed by atoms with van der Waals surface area (Å²) in [5, 5.41) is 33.9. The molecule has 11 heteroatoms. The van der Waals surface area contributed by atoms with E-state index in [4.69, 9.17) is 4.74 Å². The minimum absolute atomic E-state index is 0.0414. The zero-order valence-corrected chi connectivity index (χ0v) is 18.5. The molecule has 0 aromatic heterocycles. The van der Waals surface area contributed by atoms with Crippen LogP contribution in [0.2, 0.25) is 0 Å². The molecule has 2 aromatic carbocycles. The number of likely N-dealkylation sites (tertiary alicyclic amines) is 1. The first kappa shape index (κ1) is 24.5. The van der Waals surface area contributed by atoms with Crippen LogP contribution in [0.25, 0.3) is 5.76 Å². The Kier molecular flexibility index (Phi) is 7.37. The van der Waals surface area contributed by atoms with Gasteiger partial charge in [-0.25, -0.2) is 0 Å². The number of nitro benzene ring substituents is 2. The van der Waals surface area contributed by atoms with Crippen LogP contribution in [0.3, 0.4) is 0 Å². The number of carbonyl (C=O) groups excluding carboxylic acids is 2. The van der Waals surface area contributed by atoms with E-state index in [2.05, 4.69) is 0 Å². The van der Waals surface area contributed by atoms with Crippen LogP contribution in [0, 0.1) is 20.2 Å². The van der Waals surface area contributed by atoms with E-state index in [-0.39, 0.29) is 47.3 Å². The fourth-order valence-corrected chi connectivity index (χ4v) is 3.80. The molecule has 11 nitrogen and oxygen atoms in total. The van der Waals surface area contributed by atoms with Crippen molar-refractivity contribution >= 4 is 28.8 Å². The summed E-state index contributed by atoms with van der Waals surface area (Å²) in [4.78, 5) is 48.7. The molecule has 1 aliphatic rings. The summed E-state index contributed by atoms with van der Waals surface area (Å²) < 4.78 is 5.49. The van der Waals surface area contributed by atoms with Crippen LogP contribution < -0.4 is 0 Å². The number of aliphatic hydroxyl groups is 1. The van der Waals surface area contributed by atoms with Crippen molar-refractivity contribution in [3.05, 3.63) is 85.5 Å². The van der Waals surface area contributed by atoms with Gasteiger partial charge < -0.3 is 14.7 Å². The molecule has 2 aromatic rings. The Hall–Kier alpha value is -4.12. The molecule has 1 N–H and O–H groups in total. The number of nitro groups is 2. The topological polar surface area (TPSA) is 153 Å². The van der Waals surface area contributed by atoms with Crippen LogP contribution >= 0.6 is 0 Å². The summed E-state index contributed by atoms with van der Waals surface area (Å²) in [6.45, 7) is 4.02. The molecule has 0 saturated carbocycles. The molecule has 0 radical (unpaired) electrons. The lowest BCUT2D eigenvalue weighted by atomic mass is 9.94. The third kappa shape index (κ3) is 4.94. The van der Waals surface area contributed by atoms with Gasteiger partial charge in [0.2, 0.25) is 0 Å². The van der Waals surface area contributed by atoms with Gasteiger partial charge in [-0.1, -0.05) is 24.3 Å². The van der Waals surface area contributed by atoms with Gasteiger partial charge in [0.1, 0.15) is 5.76 Å². The second-order valence-electron chi connectivity index (χ2n) is 7.89. The van der Waals surface area contributed by atoms with Crippen LogP contribution in [0.15, 0.2) is 54.1 Å². The molecule has 1 atom stereocenters.